The molecule has 3 rings (SSSR count). The zero-order valence-corrected chi connectivity index (χ0v) is 13.1. The number of nitrogens with zero attached hydrogens (tertiary/aromatic N) is 3. The van der Waals surface area contributed by atoms with E-state index in [2.05, 4.69) is 9.97 Å². The molecule has 21 heavy (non-hydrogen) atoms. The van der Waals surface area contributed by atoms with Gasteiger partial charge < -0.3 is 0 Å². The maximum atomic E-state index is 13.4. The van der Waals surface area contributed by atoms with Crippen molar-refractivity contribution >= 4 is 46.0 Å². The standard InChI is InChI=1S/C14H9Cl3FN3/c1-7-2-3-11-14(19-7)21(12(6-15)20-11)13-9(16)4-8(18)5-10(13)17/h2-5H,6H2,1H3. The highest BCUT2D eigenvalue weighted by Crippen LogP contribution is 2.33. The lowest BCUT2D eigenvalue weighted by atomic mass is 10.3. The van der Waals surface area contributed by atoms with Crippen LogP contribution in [-0.4, -0.2) is 14.5 Å². The third-order valence-corrected chi connectivity index (χ3v) is 3.85. The van der Waals surface area contributed by atoms with Crippen molar-refractivity contribution in [2.24, 2.45) is 0 Å². The van der Waals surface area contributed by atoms with Crippen LogP contribution in [0.3, 0.4) is 0 Å². The van der Waals surface area contributed by atoms with Crippen molar-refractivity contribution in [3.05, 3.63) is 51.6 Å². The second-order valence-electron chi connectivity index (χ2n) is 4.51. The minimum absolute atomic E-state index is 0.152. The first-order valence-electron chi connectivity index (χ1n) is 6.07. The number of rotatable bonds is 2. The molecule has 0 N–H and O–H groups in total. The molecule has 1 aromatic carbocycles. The van der Waals surface area contributed by atoms with E-state index in [1.165, 1.54) is 12.1 Å². The van der Waals surface area contributed by atoms with E-state index >= 15 is 0 Å². The first-order chi connectivity index (χ1) is 10.0. The molecule has 3 nitrogen and oxygen atoms in total. The average Bonchev–Trinajstić information content (AvgIpc) is 2.76. The molecule has 0 radical (unpaired) electrons. The van der Waals surface area contributed by atoms with Gasteiger partial charge in [-0.1, -0.05) is 23.2 Å². The number of aryl methyl sites for hydroxylation is 1. The Kier molecular flexibility index (Phi) is 3.78. The van der Waals surface area contributed by atoms with Crippen LogP contribution in [0, 0.1) is 12.7 Å². The minimum Gasteiger partial charge on any atom is -0.277 e. The maximum absolute atomic E-state index is 13.4. The molecule has 0 aliphatic heterocycles. The van der Waals surface area contributed by atoms with Gasteiger partial charge in [0.15, 0.2) is 5.65 Å². The molecule has 0 aliphatic carbocycles. The molecule has 2 aromatic heterocycles. The predicted octanol–water partition coefficient (Wildman–Crippen LogP) is 4.91. The monoisotopic (exact) mass is 343 g/mol. The normalized spacial score (nSPS) is 11.3. The van der Waals surface area contributed by atoms with Crippen LogP contribution in [0.15, 0.2) is 24.3 Å². The highest BCUT2D eigenvalue weighted by molar-refractivity contribution is 6.38. The summed E-state index contributed by atoms with van der Waals surface area (Å²) in [5.74, 6) is 0.189. The van der Waals surface area contributed by atoms with Crippen LogP contribution in [0.1, 0.15) is 11.5 Å². The van der Waals surface area contributed by atoms with Crippen molar-refractivity contribution in [1.82, 2.24) is 14.5 Å². The Labute approximate surface area is 135 Å². The maximum Gasteiger partial charge on any atom is 0.165 e. The van der Waals surface area contributed by atoms with E-state index in [0.29, 0.717) is 22.7 Å². The van der Waals surface area contributed by atoms with Crippen molar-refractivity contribution in [3.8, 4) is 5.69 Å². The van der Waals surface area contributed by atoms with E-state index in [-0.39, 0.29) is 15.9 Å². The number of fused-ring (bicyclic) bond motifs is 1. The molecule has 108 valence electrons. The number of benzene rings is 1. The summed E-state index contributed by atoms with van der Waals surface area (Å²) in [4.78, 5) is 8.87. The number of hydrogen-bond donors (Lipinski definition) is 0. The summed E-state index contributed by atoms with van der Waals surface area (Å²) in [5, 5.41) is 0.350. The summed E-state index contributed by atoms with van der Waals surface area (Å²) in [5.41, 5.74) is 2.50. The van der Waals surface area contributed by atoms with E-state index in [9.17, 15) is 4.39 Å². The fourth-order valence-electron chi connectivity index (χ4n) is 2.17. The Bertz CT molecular complexity index is 822. The van der Waals surface area contributed by atoms with Gasteiger partial charge in [-0.05, 0) is 31.2 Å². The largest absolute Gasteiger partial charge is 0.277 e. The van der Waals surface area contributed by atoms with Crippen LogP contribution in [-0.2, 0) is 5.88 Å². The predicted molar refractivity (Wildman–Crippen MR) is 83.1 cm³/mol. The van der Waals surface area contributed by atoms with E-state index in [0.717, 1.165) is 5.69 Å². The topological polar surface area (TPSA) is 30.7 Å². The lowest BCUT2D eigenvalue weighted by Crippen LogP contribution is -2.03. The SMILES string of the molecule is Cc1ccc2nc(CCl)n(-c3c(Cl)cc(F)cc3Cl)c2n1. The van der Waals surface area contributed by atoms with Crippen LogP contribution in [0.5, 0.6) is 0 Å². The Morgan fingerprint density at radius 2 is 1.81 bits per heavy atom. The zero-order valence-electron chi connectivity index (χ0n) is 10.9. The number of aromatic nitrogens is 3. The highest BCUT2D eigenvalue weighted by Gasteiger charge is 2.19. The van der Waals surface area contributed by atoms with E-state index in [1.54, 1.807) is 4.57 Å². The van der Waals surface area contributed by atoms with Crippen LogP contribution in [0.25, 0.3) is 16.9 Å². The van der Waals surface area contributed by atoms with Crippen molar-refractivity contribution in [2.45, 2.75) is 12.8 Å². The molecule has 0 atom stereocenters. The fraction of sp³-hybridized carbons (Fsp3) is 0.143. The molecule has 0 fully saturated rings. The highest BCUT2D eigenvalue weighted by atomic mass is 35.5. The zero-order chi connectivity index (χ0) is 15.1. The quantitative estimate of drug-likeness (QED) is 0.618. The van der Waals surface area contributed by atoms with Crippen LogP contribution in [0.2, 0.25) is 10.0 Å². The molecule has 2 heterocycles. The summed E-state index contributed by atoms with van der Waals surface area (Å²) < 4.78 is 15.0. The molecule has 0 saturated heterocycles. The van der Waals surface area contributed by atoms with Gasteiger partial charge in [0.05, 0.1) is 21.6 Å². The molecule has 0 spiro atoms. The third kappa shape index (κ3) is 2.48. The molecule has 0 amide bonds. The summed E-state index contributed by atoms with van der Waals surface area (Å²) in [6, 6.07) is 6.09. The van der Waals surface area contributed by atoms with Gasteiger partial charge in [0, 0.05) is 5.69 Å². The molecule has 0 aliphatic rings. The Hall–Kier alpha value is -1.36. The van der Waals surface area contributed by atoms with Gasteiger partial charge in [0.25, 0.3) is 0 Å². The van der Waals surface area contributed by atoms with E-state index < -0.39 is 5.82 Å². The van der Waals surface area contributed by atoms with Crippen molar-refractivity contribution in [1.29, 1.82) is 0 Å². The van der Waals surface area contributed by atoms with Gasteiger partial charge in [0.1, 0.15) is 17.2 Å². The van der Waals surface area contributed by atoms with Gasteiger partial charge in [-0.3, -0.25) is 4.57 Å². The summed E-state index contributed by atoms with van der Waals surface area (Å²) in [6.45, 7) is 1.87. The minimum atomic E-state index is -0.505. The molecule has 3 aromatic rings. The second-order valence-corrected chi connectivity index (χ2v) is 5.59. The molecule has 0 bridgehead atoms. The average molecular weight is 345 g/mol. The number of hydrogen-bond acceptors (Lipinski definition) is 2. The number of pyridine rings is 1. The second kappa shape index (κ2) is 5.44. The Morgan fingerprint density at radius 3 is 2.43 bits per heavy atom. The first kappa shape index (κ1) is 14.6. The smallest absolute Gasteiger partial charge is 0.165 e. The molecular formula is C14H9Cl3FN3. The first-order valence-corrected chi connectivity index (χ1v) is 7.36. The van der Waals surface area contributed by atoms with Gasteiger partial charge in [-0.15, -0.1) is 11.6 Å². The van der Waals surface area contributed by atoms with Gasteiger partial charge in [-0.25, -0.2) is 14.4 Å². The molecule has 0 unspecified atom stereocenters. The lowest BCUT2D eigenvalue weighted by molar-refractivity contribution is 0.627. The summed E-state index contributed by atoms with van der Waals surface area (Å²) >= 11 is 18.3. The summed E-state index contributed by atoms with van der Waals surface area (Å²) in [7, 11) is 0. The number of halogens is 4. The van der Waals surface area contributed by atoms with Crippen LogP contribution < -0.4 is 0 Å². The fourth-order valence-corrected chi connectivity index (χ4v) is 2.98. The van der Waals surface area contributed by atoms with Gasteiger partial charge >= 0.3 is 0 Å². The van der Waals surface area contributed by atoms with E-state index in [4.69, 9.17) is 34.8 Å². The Balaban J connectivity index is 2.41. The molecule has 0 saturated carbocycles. The molecular weight excluding hydrogens is 336 g/mol. The number of alkyl halides is 1. The van der Waals surface area contributed by atoms with Gasteiger partial charge in [0.2, 0.25) is 0 Å². The molecule has 7 heteroatoms. The van der Waals surface area contributed by atoms with Gasteiger partial charge in [-0.2, -0.15) is 0 Å². The Morgan fingerprint density at radius 1 is 1.14 bits per heavy atom. The number of imidazole rings is 1. The van der Waals surface area contributed by atoms with Crippen molar-refractivity contribution in [2.75, 3.05) is 0 Å². The lowest BCUT2D eigenvalue weighted by Gasteiger charge is -2.11. The van der Waals surface area contributed by atoms with E-state index in [1.807, 2.05) is 19.1 Å². The van der Waals surface area contributed by atoms with Crippen molar-refractivity contribution in [3.63, 3.8) is 0 Å². The van der Waals surface area contributed by atoms with Crippen molar-refractivity contribution < 1.29 is 4.39 Å². The van der Waals surface area contributed by atoms with Crippen LogP contribution in [0.4, 0.5) is 4.39 Å². The van der Waals surface area contributed by atoms with Crippen LogP contribution >= 0.6 is 34.8 Å². The summed E-state index contributed by atoms with van der Waals surface area (Å²) in [6.07, 6.45) is 0. The third-order valence-electron chi connectivity index (χ3n) is 3.04.